The maximum atomic E-state index is 11.7. The van der Waals surface area contributed by atoms with E-state index in [1.807, 2.05) is 6.92 Å². The van der Waals surface area contributed by atoms with Crippen LogP contribution in [0.5, 0.6) is 0 Å². The standard InChI is InChI=1S/C10H15N3O3S/c1-2-3-7(6-11)12-10(14)8-4-5-9(17-8)13(15)16/h4-5,7H,2-3,6,11H2,1H3,(H,12,14). The Kier molecular flexibility index (Phi) is 5.05. The van der Waals surface area contributed by atoms with Crippen molar-refractivity contribution in [3.05, 3.63) is 27.1 Å². The van der Waals surface area contributed by atoms with Crippen LogP contribution in [0, 0.1) is 10.1 Å². The van der Waals surface area contributed by atoms with Gasteiger partial charge >= 0.3 is 5.00 Å². The minimum atomic E-state index is -0.506. The average molecular weight is 257 g/mol. The maximum absolute atomic E-state index is 11.7. The minimum absolute atomic E-state index is 0.0325. The van der Waals surface area contributed by atoms with E-state index in [-0.39, 0.29) is 17.0 Å². The van der Waals surface area contributed by atoms with Crippen molar-refractivity contribution in [3.63, 3.8) is 0 Å². The van der Waals surface area contributed by atoms with Gasteiger partial charge in [-0.25, -0.2) is 0 Å². The summed E-state index contributed by atoms with van der Waals surface area (Å²) in [7, 11) is 0. The molecular formula is C10H15N3O3S. The summed E-state index contributed by atoms with van der Waals surface area (Å²) in [6.45, 7) is 2.37. The highest BCUT2D eigenvalue weighted by Crippen LogP contribution is 2.23. The quantitative estimate of drug-likeness (QED) is 0.596. The molecule has 1 aromatic heterocycles. The van der Waals surface area contributed by atoms with Gasteiger partial charge in [0, 0.05) is 18.7 Å². The highest BCUT2D eigenvalue weighted by atomic mass is 32.1. The molecule has 7 heteroatoms. The molecule has 0 saturated carbocycles. The first-order valence-corrected chi connectivity index (χ1v) is 6.15. The SMILES string of the molecule is CCCC(CN)NC(=O)c1ccc([N+](=O)[O-])s1. The molecule has 1 heterocycles. The van der Waals surface area contributed by atoms with E-state index in [0.717, 1.165) is 24.2 Å². The lowest BCUT2D eigenvalue weighted by molar-refractivity contribution is -0.380. The fourth-order valence-electron chi connectivity index (χ4n) is 1.40. The number of amides is 1. The van der Waals surface area contributed by atoms with Crippen molar-refractivity contribution in [3.8, 4) is 0 Å². The monoisotopic (exact) mass is 257 g/mol. The van der Waals surface area contributed by atoms with Gasteiger partial charge in [0.15, 0.2) is 0 Å². The van der Waals surface area contributed by atoms with Crippen molar-refractivity contribution in [1.29, 1.82) is 0 Å². The second-order valence-corrected chi connectivity index (χ2v) is 4.65. The first-order valence-electron chi connectivity index (χ1n) is 5.33. The molecule has 0 bridgehead atoms. The van der Waals surface area contributed by atoms with Gasteiger partial charge in [0.1, 0.15) is 0 Å². The number of nitrogens with one attached hydrogen (secondary N) is 1. The summed E-state index contributed by atoms with van der Waals surface area (Å²) in [6.07, 6.45) is 1.72. The fourth-order valence-corrected chi connectivity index (χ4v) is 2.13. The van der Waals surface area contributed by atoms with Crippen LogP contribution in [0.1, 0.15) is 29.4 Å². The van der Waals surface area contributed by atoms with Crippen LogP contribution in [0.3, 0.4) is 0 Å². The molecule has 0 aliphatic rings. The first-order chi connectivity index (χ1) is 8.08. The van der Waals surface area contributed by atoms with Gasteiger partial charge in [0.05, 0.1) is 9.80 Å². The summed E-state index contributed by atoms with van der Waals surface area (Å²) < 4.78 is 0. The number of hydrogen-bond donors (Lipinski definition) is 2. The normalized spacial score (nSPS) is 12.1. The van der Waals surface area contributed by atoms with E-state index >= 15 is 0 Å². The van der Waals surface area contributed by atoms with E-state index in [0.29, 0.717) is 11.4 Å². The molecule has 3 N–H and O–H groups in total. The van der Waals surface area contributed by atoms with E-state index in [1.54, 1.807) is 0 Å². The van der Waals surface area contributed by atoms with Crippen LogP contribution >= 0.6 is 11.3 Å². The van der Waals surface area contributed by atoms with Gasteiger partial charge < -0.3 is 11.1 Å². The molecule has 17 heavy (non-hydrogen) atoms. The van der Waals surface area contributed by atoms with Gasteiger partial charge in [-0.3, -0.25) is 14.9 Å². The zero-order chi connectivity index (χ0) is 12.8. The number of carbonyl (C=O) groups is 1. The molecule has 0 saturated heterocycles. The first kappa shape index (κ1) is 13.6. The zero-order valence-corrected chi connectivity index (χ0v) is 10.3. The Morgan fingerprint density at radius 3 is 2.82 bits per heavy atom. The van der Waals surface area contributed by atoms with Crippen LogP contribution in [0.15, 0.2) is 12.1 Å². The van der Waals surface area contributed by atoms with Gasteiger partial charge in [-0.1, -0.05) is 24.7 Å². The Bertz CT molecular complexity index is 405. The molecule has 0 spiro atoms. The lowest BCUT2D eigenvalue weighted by atomic mass is 10.1. The third-order valence-corrected chi connectivity index (χ3v) is 3.29. The topological polar surface area (TPSA) is 98.3 Å². The molecule has 1 aromatic rings. The Labute approximate surface area is 103 Å². The summed E-state index contributed by atoms with van der Waals surface area (Å²) in [5.41, 5.74) is 5.52. The molecule has 94 valence electrons. The van der Waals surface area contributed by atoms with Gasteiger partial charge in [-0.05, 0) is 12.5 Å². The van der Waals surface area contributed by atoms with Gasteiger partial charge in [-0.2, -0.15) is 0 Å². The second kappa shape index (κ2) is 6.31. The molecule has 1 atom stereocenters. The number of nitrogens with zero attached hydrogens (tertiary/aromatic N) is 1. The average Bonchev–Trinajstić information content (AvgIpc) is 2.77. The molecule has 6 nitrogen and oxygen atoms in total. The Balaban J connectivity index is 2.65. The smallest absolute Gasteiger partial charge is 0.324 e. The molecule has 0 aliphatic heterocycles. The van der Waals surface area contributed by atoms with Crippen molar-refractivity contribution in [2.24, 2.45) is 5.73 Å². The summed E-state index contributed by atoms with van der Waals surface area (Å²) in [4.78, 5) is 22.1. The van der Waals surface area contributed by atoms with Crippen LogP contribution in [0.25, 0.3) is 0 Å². The number of rotatable bonds is 6. The fraction of sp³-hybridized carbons (Fsp3) is 0.500. The van der Waals surface area contributed by atoms with E-state index in [9.17, 15) is 14.9 Å². The van der Waals surface area contributed by atoms with Gasteiger partial charge in [0.2, 0.25) is 0 Å². The van der Waals surface area contributed by atoms with E-state index in [4.69, 9.17) is 5.73 Å². The summed E-state index contributed by atoms with van der Waals surface area (Å²) in [5, 5.41) is 13.2. The minimum Gasteiger partial charge on any atom is -0.347 e. The largest absolute Gasteiger partial charge is 0.347 e. The molecular weight excluding hydrogens is 242 g/mol. The lowest BCUT2D eigenvalue weighted by Crippen LogP contribution is -2.39. The van der Waals surface area contributed by atoms with Crippen LogP contribution < -0.4 is 11.1 Å². The van der Waals surface area contributed by atoms with Gasteiger partial charge in [-0.15, -0.1) is 0 Å². The highest BCUT2D eigenvalue weighted by molar-refractivity contribution is 7.17. The molecule has 1 amide bonds. The lowest BCUT2D eigenvalue weighted by Gasteiger charge is -2.14. The number of carbonyl (C=O) groups excluding carboxylic acids is 1. The third kappa shape index (κ3) is 3.79. The summed E-state index contributed by atoms with van der Waals surface area (Å²) in [5.74, 6) is -0.299. The van der Waals surface area contributed by atoms with E-state index < -0.39 is 4.92 Å². The number of nitro groups is 1. The van der Waals surface area contributed by atoms with Crippen LogP contribution in [0.2, 0.25) is 0 Å². The summed E-state index contributed by atoms with van der Waals surface area (Å²) >= 11 is 0.868. The molecule has 0 aliphatic carbocycles. The van der Waals surface area contributed by atoms with Crippen molar-refractivity contribution in [2.45, 2.75) is 25.8 Å². The molecule has 0 radical (unpaired) electrons. The zero-order valence-electron chi connectivity index (χ0n) is 9.51. The molecule has 0 fully saturated rings. The van der Waals surface area contributed by atoms with Crippen molar-refractivity contribution in [1.82, 2.24) is 5.32 Å². The molecule has 1 unspecified atom stereocenters. The highest BCUT2D eigenvalue weighted by Gasteiger charge is 2.17. The molecule has 1 rings (SSSR count). The molecule has 0 aromatic carbocycles. The predicted octanol–water partition coefficient (Wildman–Crippen LogP) is 1.51. The number of thiophene rings is 1. The van der Waals surface area contributed by atoms with Crippen molar-refractivity contribution < 1.29 is 9.72 Å². The van der Waals surface area contributed by atoms with Crippen LogP contribution in [-0.2, 0) is 0 Å². The van der Waals surface area contributed by atoms with Crippen molar-refractivity contribution in [2.75, 3.05) is 6.54 Å². The van der Waals surface area contributed by atoms with Crippen molar-refractivity contribution >= 4 is 22.2 Å². The Morgan fingerprint density at radius 1 is 1.65 bits per heavy atom. The van der Waals surface area contributed by atoms with Crippen LogP contribution in [0.4, 0.5) is 5.00 Å². The number of nitrogens with two attached hydrogens (primary N) is 1. The van der Waals surface area contributed by atoms with E-state index in [1.165, 1.54) is 12.1 Å². The van der Waals surface area contributed by atoms with Crippen LogP contribution in [-0.4, -0.2) is 23.4 Å². The second-order valence-electron chi connectivity index (χ2n) is 3.59. The summed E-state index contributed by atoms with van der Waals surface area (Å²) in [6, 6.07) is 2.71. The predicted molar refractivity (Wildman–Crippen MR) is 66.2 cm³/mol. The Morgan fingerprint density at radius 2 is 2.35 bits per heavy atom. The maximum Gasteiger partial charge on any atom is 0.324 e. The number of hydrogen-bond acceptors (Lipinski definition) is 5. The third-order valence-electron chi connectivity index (χ3n) is 2.25. The van der Waals surface area contributed by atoms with Gasteiger partial charge in [0.25, 0.3) is 5.91 Å². The van der Waals surface area contributed by atoms with E-state index in [2.05, 4.69) is 5.32 Å². The Hall–Kier alpha value is -1.47.